The minimum Gasteiger partial charge on any atom is -0.265 e. The topological polar surface area (TPSA) is 59.1 Å². The molecule has 2 unspecified atom stereocenters. The van der Waals surface area contributed by atoms with Gasteiger partial charge in [-0.05, 0) is 48.8 Å². The normalized spacial score (nSPS) is 23.1. The van der Waals surface area contributed by atoms with Gasteiger partial charge in [0, 0.05) is 24.3 Å². The Labute approximate surface area is 135 Å². The number of alkyl halides is 1. The maximum atomic E-state index is 12.1. The largest absolute Gasteiger partial charge is 0.265 e. The molecule has 2 atom stereocenters. The lowest BCUT2D eigenvalue weighted by atomic mass is 9.80. The number of hydrogen-bond acceptors (Lipinski definition) is 3. The third-order valence-corrected chi connectivity index (χ3v) is 6.42. The van der Waals surface area contributed by atoms with Gasteiger partial charge < -0.3 is 0 Å². The highest BCUT2D eigenvalue weighted by atomic mass is 79.9. The fourth-order valence-electron chi connectivity index (χ4n) is 2.86. The molecule has 6 heteroatoms. The van der Waals surface area contributed by atoms with Crippen molar-refractivity contribution in [3.05, 3.63) is 30.1 Å². The zero-order chi connectivity index (χ0) is 15.1. The van der Waals surface area contributed by atoms with Gasteiger partial charge in [-0.3, -0.25) is 4.98 Å². The molecule has 118 valence electrons. The quantitative estimate of drug-likeness (QED) is 0.746. The molecule has 0 radical (unpaired) electrons. The number of aryl methyl sites for hydroxylation is 1. The van der Waals surface area contributed by atoms with E-state index in [9.17, 15) is 8.42 Å². The molecule has 0 saturated heterocycles. The van der Waals surface area contributed by atoms with Gasteiger partial charge in [0.2, 0.25) is 10.0 Å². The van der Waals surface area contributed by atoms with E-state index in [1.54, 1.807) is 12.4 Å². The molecule has 1 fully saturated rings. The molecular formula is C15H23BrN2O2S. The van der Waals surface area contributed by atoms with Crippen molar-refractivity contribution in [2.75, 3.05) is 17.6 Å². The van der Waals surface area contributed by atoms with Crippen molar-refractivity contribution in [2.45, 2.75) is 32.1 Å². The summed E-state index contributed by atoms with van der Waals surface area (Å²) >= 11 is 3.55. The molecule has 2 rings (SSSR count). The average molecular weight is 375 g/mol. The summed E-state index contributed by atoms with van der Waals surface area (Å²) in [5.74, 6) is 1.21. The van der Waals surface area contributed by atoms with Gasteiger partial charge in [0.25, 0.3) is 0 Å². The van der Waals surface area contributed by atoms with Crippen LogP contribution in [0, 0.1) is 11.8 Å². The number of rotatable bonds is 7. The smallest absolute Gasteiger partial charge is 0.211 e. The first-order valence-corrected chi connectivity index (χ1v) is 10.3. The highest BCUT2D eigenvalue weighted by Crippen LogP contribution is 2.30. The molecule has 1 aromatic rings. The monoisotopic (exact) mass is 374 g/mol. The van der Waals surface area contributed by atoms with Crippen molar-refractivity contribution in [2.24, 2.45) is 11.8 Å². The summed E-state index contributed by atoms with van der Waals surface area (Å²) in [4.78, 5) is 3.94. The van der Waals surface area contributed by atoms with Crippen LogP contribution in [0.25, 0.3) is 0 Å². The number of halogens is 1. The van der Waals surface area contributed by atoms with E-state index in [2.05, 4.69) is 25.6 Å². The minimum atomic E-state index is -3.20. The molecule has 0 amide bonds. The van der Waals surface area contributed by atoms with E-state index in [1.807, 2.05) is 12.1 Å². The molecule has 1 N–H and O–H groups in total. The molecule has 1 heterocycles. The van der Waals surface area contributed by atoms with Gasteiger partial charge in [-0.1, -0.05) is 28.8 Å². The standard InChI is InChI=1S/C15H23BrN2O2S/c16-11-14-3-1-2-4-15(14)12-18-21(19,20)10-7-13-5-8-17-9-6-13/h5-6,8-9,14-15,18H,1-4,7,10-12H2. The van der Waals surface area contributed by atoms with E-state index in [-0.39, 0.29) is 5.75 Å². The Morgan fingerprint density at radius 3 is 2.52 bits per heavy atom. The molecule has 1 saturated carbocycles. The average Bonchev–Trinajstić information content (AvgIpc) is 2.52. The number of pyridine rings is 1. The van der Waals surface area contributed by atoms with E-state index >= 15 is 0 Å². The number of sulfonamides is 1. The lowest BCUT2D eigenvalue weighted by Crippen LogP contribution is -2.36. The Balaban J connectivity index is 1.80. The Morgan fingerprint density at radius 2 is 1.86 bits per heavy atom. The highest BCUT2D eigenvalue weighted by molar-refractivity contribution is 9.09. The predicted octanol–water partition coefficient (Wildman–Crippen LogP) is 2.74. The first-order chi connectivity index (χ1) is 10.1. The van der Waals surface area contributed by atoms with Gasteiger partial charge in [0.15, 0.2) is 0 Å². The zero-order valence-electron chi connectivity index (χ0n) is 12.2. The Bertz CT molecular complexity index is 522. The Morgan fingerprint density at radius 1 is 1.19 bits per heavy atom. The van der Waals surface area contributed by atoms with Crippen molar-refractivity contribution < 1.29 is 8.42 Å². The first kappa shape index (κ1) is 16.9. The minimum absolute atomic E-state index is 0.142. The van der Waals surface area contributed by atoms with Gasteiger partial charge in [-0.2, -0.15) is 0 Å². The zero-order valence-corrected chi connectivity index (χ0v) is 14.6. The third kappa shape index (κ3) is 5.68. The van der Waals surface area contributed by atoms with Crippen LogP contribution in [-0.4, -0.2) is 31.0 Å². The van der Waals surface area contributed by atoms with E-state index in [1.165, 1.54) is 19.3 Å². The molecule has 1 aromatic heterocycles. The van der Waals surface area contributed by atoms with Crippen molar-refractivity contribution >= 4 is 26.0 Å². The SMILES string of the molecule is O=S(=O)(CCc1ccncc1)NCC1CCCCC1CBr. The molecule has 4 nitrogen and oxygen atoms in total. The van der Waals surface area contributed by atoms with E-state index in [4.69, 9.17) is 0 Å². The van der Waals surface area contributed by atoms with Gasteiger partial charge in [0.1, 0.15) is 0 Å². The van der Waals surface area contributed by atoms with Crippen molar-refractivity contribution in [3.63, 3.8) is 0 Å². The van der Waals surface area contributed by atoms with Crippen LogP contribution in [0.4, 0.5) is 0 Å². The van der Waals surface area contributed by atoms with E-state index < -0.39 is 10.0 Å². The summed E-state index contributed by atoms with van der Waals surface area (Å²) in [6.45, 7) is 0.578. The molecule has 0 aromatic carbocycles. The second kappa shape index (κ2) is 8.25. The first-order valence-electron chi connectivity index (χ1n) is 7.53. The van der Waals surface area contributed by atoms with Crippen LogP contribution in [0.15, 0.2) is 24.5 Å². The number of nitrogens with one attached hydrogen (secondary N) is 1. The lowest BCUT2D eigenvalue weighted by molar-refractivity contribution is 0.263. The maximum absolute atomic E-state index is 12.1. The van der Waals surface area contributed by atoms with Crippen LogP contribution in [0.5, 0.6) is 0 Å². The summed E-state index contributed by atoms with van der Waals surface area (Å²) in [6.07, 6.45) is 8.73. The lowest BCUT2D eigenvalue weighted by Gasteiger charge is -2.30. The van der Waals surface area contributed by atoms with Gasteiger partial charge in [-0.15, -0.1) is 0 Å². The fraction of sp³-hybridized carbons (Fsp3) is 0.667. The summed E-state index contributed by atoms with van der Waals surface area (Å²) < 4.78 is 27.0. The molecule has 0 bridgehead atoms. The van der Waals surface area contributed by atoms with Crippen molar-refractivity contribution in [1.29, 1.82) is 0 Å². The second-order valence-electron chi connectivity index (χ2n) is 5.73. The summed E-state index contributed by atoms with van der Waals surface area (Å²) in [5, 5.41) is 0.969. The molecule has 1 aliphatic carbocycles. The maximum Gasteiger partial charge on any atom is 0.211 e. The van der Waals surface area contributed by atoms with Crippen LogP contribution in [-0.2, 0) is 16.4 Å². The van der Waals surface area contributed by atoms with Crippen LogP contribution < -0.4 is 4.72 Å². The van der Waals surface area contributed by atoms with E-state index in [0.717, 1.165) is 17.3 Å². The van der Waals surface area contributed by atoms with Gasteiger partial charge in [-0.25, -0.2) is 13.1 Å². The van der Waals surface area contributed by atoms with Crippen LogP contribution in [0.2, 0.25) is 0 Å². The number of aromatic nitrogens is 1. The summed E-state index contributed by atoms with van der Waals surface area (Å²) in [7, 11) is -3.20. The van der Waals surface area contributed by atoms with Crippen molar-refractivity contribution in [3.8, 4) is 0 Å². The molecule has 1 aliphatic rings. The van der Waals surface area contributed by atoms with Crippen LogP contribution in [0.3, 0.4) is 0 Å². The summed E-state index contributed by atoms with van der Waals surface area (Å²) in [5.41, 5.74) is 1.01. The molecule has 21 heavy (non-hydrogen) atoms. The number of hydrogen-bond donors (Lipinski definition) is 1. The molecule has 0 spiro atoms. The third-order valence-electron chi connectivity index (χ3n) is 4.24. The Kier molecular flexibility index (Phi) is 6.64. The molecule has 0 aliphatic heterocycles. The van der Waals surface area contributed by atoms with Gasteiger partial charge >= 0.3 is 0 Å². The van der Waals surface area contributed by atoms with Crippen molar-refractivity contribution in [1.82, 2.24) is 9.71 Å². The van der Waals surface area contributed by atoms with Crippen LogP contribution >= 0.6 is 15.9 Å². The van der Waals surface area contributed by atoms with E-state index in [0.29, 0.717) is 24.8 Å². The van der Waals surface area contributed by atoms with Gasteiger partial charge in [0.05, 0.1) is 5.75 Å². The number of nitrogens with zero attached hydrogens (tertiary/aromatic N) is 1. The highest BCUT2D eigenvalue weighted by Gasteiger charge is 2.25. The summed E-state index contributed by atoms with van der Waals surface area (Å²) in [6, 6.07) is 3.72. The second-order valence-corrected chi connectivity index (χ2v) is 8.31. The van der Waals surface area contributed by atoms with Crippen LogP contribution in [0.1, 0.15) is 31.2 Å². The predicted molar refractivity (Wildman–Crippen MR) is 89.0 cm³/mol. The Hall–Kier alpha value is -0.460. The fourth-order valence-corrected chi connectivity index (χ4v) is 4.83. The molecular weight excluding hydrogens is 352 g/mol.